The van der Waals surface area contributed by atoms with Crippen LogP contribution in [-0.2, 0) is 17.7 Å². The van der Waals surface area contributed by atoms with Gasteiger partial charge in [-0.25, -0.2) is 14.0 Å². The third-order valence-electron chi connectivity index (χ3n) is 9.58. The van der Waals surface area contributed by atoms with Gasteiger partial charge in [-0.2, -0.15) is 22.3 Å². The predicted molar refractivity (Wildman–Crippen MR) is 186 cm³/mol. The number of halogens is 7. The van der Waals surface area contributed by atoms with Gasteiger partial charge in [0.2, 0.25) is 0 Å². The summed E-state index contributed by atoms with van der Waals surface area (Å²) in [6.45, 7) is -5.09. The van der Waals surface area contributed by atoms with Crippen molar-refractivity contribution in [1.82, 2.24) is 4.90 Å². The number of carboxylic acid groups (broad SMARTS) is 1. The van der Waals surface area contributed by atoms with E-state index in [2.05, 4.69) is 14.4 Å². The van der Waals surface area contributed by atoms with Crippen molar-refractivity contribution >= 4 is 41.0 Å². The summed E-state index contributed by atoms with van der Waals surface area (Å²) in [7, 11) is 0. The number of ether oxygens (including phenoxy) is 3. The van der Waals surface area contributed by atoms with Gasteiger partial charge >= 0.3 is 25.3 Å². The smallest absolute Gasteiger partial charge is 0.415 e. The van der Waals surface area contributed by atoms with Crippen LogP contribution >= 0.6 is 23.2 Å². The fraction of sp³-hybridized carbons (Fsp3) is 0.324. The molecule has 1 amide bonds. The number of rotatable bonds is 13. The summed E-state index contributed by atoms with van der Waals surface area (Å²) in [4.78, 5) is 30.2. The van der Waals surface area contributed by atoms with Crippen LogP contribution in [0.5, 0.6) is 11.5 Å². The maximum absolute atomic E-state index is 15.5. The van der Waals surface area contributed by atoms with Crippen LogP contribution < -0.4 is 19.1 Å². The Bertz CT molecular complexity index is 2000. The lowest BCUT2D eigenvalue weighted by molar-refractivity contribution is -0.605. The highest BCUT2D eigenvalue weighted by molar-refractivity contribution is 6.35. The minimum Gasteiger partial charge on any atom is -0.619 e. The van der Waals surface area contributed by atoms with E-state index >= 15 is 4.39 Å². The molecule has 3 aromatic carbocycles. The maximum Gasteiger partial charge on any atom is 0.415 e. The molecule has 286 valence electrons. The summed E-state index contributed by atoms with van der Waals surface area (Å²) in [5, 5.41) is 22.4. The van der Waals surface area contributed by atoms with Crippen molar-refractivity contribution in [2.24, 2.45) is 5.92 Å². The zero-order chi connectivity index (χ0) is 38.7. The summed E-state index contributed by atoms with van der Waals surface area (Å²) in [6.07, 6.45) is 1.98. The van der Waals surface area contributed by atoms with Crippen LogP contribution in [0.25, 0.3) is 0 Å². The standard InChI is InChI=1S/C37H32Cl2F5N3O7/c38-26-17-46(51)18-27(39)25(26)15-24(21-8-9-30(52-35(41)42)31(14-21)53-36(43)44)33-22(4-3-5-23(33)34(48)49)16-47(29-7-2-1-6-28(29)40)37(50)54-32-19-45-12-10-20(32)11-13-45/h1-9,14,17-18,20,24,32,35-36H,10-13,15-16,19H2,(H,48,49)/t24-,32-/m0/s1. The Morgan fingerprint density at radius 1 is 0.944 bits per heavy atom. The number of aromatic carboxylic acids is 1. The third kappa shape index (κ3) is 8.74. The van der Waals surface area contributed by atoms with Gasteiger partial charge < -0.3 is 24.5 Å². The second-order valence-electron chi connectivity index (χ2n) is 12.8. The molecule has 54 heavy (non-hydrogen) atoms. The average Bonchev–Trinajstić information content (AvgIpc) is 3.11. The van der Waals surface area contributed by atoms with Crippen molar-refractivity contribution in [3.63, 3.8) is 0 Å². The molecular formula is C37H32Cl2F5N3O7. The van der Waals surface area contributed by atoms with Crippen LogP contribution in [-0.4, -0.2) is 61.0 Å². The number of nitrogens with zero attached hydrogens (tertiary/aromatic N) is 3. The molecule has 2 bridgehead atoms. The molecular weight excluding hydrogens is 764 g/mol. The zero-order valence-electron chi connectivity index (χ0n) is 28.1. The Hall–Kier alpha value is -4.86. The van der Waals surface area contributed by atoms with Gasteiger partial charge in [0.05, 0.1) is 17.8 Å². The quantitative estimate of drug-likeness (QED) is 0.0817. The van der Waals surface area contributed by atoms with Gasteiger partial charge in [0, 0.05) is 18.0 Å². The molecule has 3 fully saturated rings. The van der Waals surface area contributed by atoms with E-state index < -0.39 is 61.2 Å². The van der Waals surface area contributed by atoms with Crippen LogP contribution in [0.1, 0.15) is 51.4 Å². The molecule has 4 heterocycles. The number of carbonyl (C=O) groups excluding carboxylic acids is 1. The molecule has 0 unspecified atom stereocenters. The molecule has 10 nitrogen and oxygen atoms in total. The number of para-hydroxylation sites is 1. The molecule has 17 heteroatoms. The lowest BCUT2D eigenvalue weighted by atomic mass is 9.80. The average molecular weight is 797 g/mol. The number of anilines is 1. The van der Waals surface area contributed by atoms with Crippen LogP contribution in [0.3, 0.4) is 0 Å². The SMILES string of the molecule is O=C(O)c1cccc(CN(C(=O)O[C@H]2CN3CCC2CC3)c2ccccc2F)c1[C@@H](Cc1c(Cl)c[n+]([O-])cc1Cl)c1ccc(OC(F)F)c(OC(F)F)c1. The Morgan fingerprint density at radius 2 is 1.61 bits per heavy atom. The molecule has 0 spiro atoms. The minimum atomic E-state index is -3.47. The van der Waals surface area contributed by atoms with E-state index in [4.69, 9.17) is 27.9 Å². The van der Waals surface area contributed by atoms with Crippen LogP contribution in [0.4, 0.5) is 32.4 Å². The van der Waals surface area contributed by atoms with Gasteiger partial charge in [0.1, 0.15) is 22.0 Å². The molecule has 3 aliphatic heterocycles. The van der Waals surface area contributed by atoms with Crippen LogP contribution in [0.2, 0.25) is 10.0 Å². The van der Waals surface area contributed by atoms with Gasteiger partial charge in [-0.05, 0) is 85.3 Å². The molecule has 4 aromatic rings. The molecule has 1 N–H and O–H groups in total. The van der Waals surface area contributed by atoms with Crippen molar-refractivity contribution in [3.05, 3.63) is 122 Å². The van der Waals surface area contributed by atoms with Crippen molar-refractivity contribution in [3.8, 4) is 11.5 Å². The molecule has 2 atom stereocenters. The van der Waals surface area contributed by atoms with E-state index in [0.717, 1.165) is 61.4 Å². The number of amides is 1. The van der Waals surface area contributed by atoms with Gasteiger partial charge in [-0.3, -0.25) is 9.80 Å². The number of aromatic nitrogens is 1. The lowest BCUT2D eigenvalue weighted by Crippen LogP contribution is -2.53. The third-order valence-corrected chi connectivity index (χ3v) is 10.2. The van der Waals surface area contributed by atoms with Crippen molar-refractivity contribution in [1.29, 1.82) is 0 Å². The first-order chi connectivity index (χ1) is 25.8. The number of carbonyl (C=O) groups is 2. The molecule has 3 aliphatic rings. The van der Waals surface area contributed by atoms with Crippen molar-refractivity contribution in [2.45, 2.75) is 51.1 Å². The summed E-state index contributed by atoms with van der Waals surface area (Å²) in [6, 6.07) is 12.8. The highest BCUT2D eigenvalue weighted by Crippen LogP contribution is 2.42. The monoisotopic (exact) mass is 795 g/mol. The fourth-order valence-electron chi connectivity index (χ4n) is 7.11. The van der Waals surface area contributed by atoms with Crippen LogP contribution in [0.15, 0.2) is 73.1 Å². The number of pyridine rings is 1. The molecule has 3 saturated heterocycles. The number of fused-ring (bicyclic) bond motifs is 3. The van der Waals surface area contributed by atoms with Gasteiger partial charge in [0.15, 0.2) is 23.9 Å². The van der Waals surface area contributed by atoms with Gasteiger partial charge in [0.25, 0.3) is 0 Å². The van der Waals surface area contributed by atoms with Gasteiger partial charge in [-0.1, -0.05) is 53.5 Å². The molecule has 0 radical (unpaired) electrons. The molecule has 7 rings (SSSR count). The van der Waals surface area contributed by atoms with Crippen molar-refractivity contribution < 1.29 is 55.6 Å². The van der Waals surface area contributed by atoms with Crippen molar-refractivity contribution in [2.75, 3.05) is 24.5 Å². The summed E-state index contributed by atoms with van der Waals surface area (Å²) >= 11 is 12.9. The van der Waals surface area contributed by atoms with E-state index in [1.54, 1.807) is 0 Å². The summed E-state index contributed by atoms with van der Waals surface area (Å²) in [5.41, 5.74) is -0.150. The fourth-order valence-corrected chi connectivity index (χ4v) is 7.71. The van der Waals surface area contributed by atoms with Gasteiger partial charge in [-0.15, -0.1) is 0 Å². The second-order valence-corrected chi connectivity index (χ2v) is 13.6. The van der Waals surface area contributed by atoms with E-state index in [1.165, 1.54) is 42.5 Å². The molecule has 0 saturated carbocycles. The minimum absolute atomic E-state index is 0.00140. The van der Waals surface area contributed by atoms with Crippen LogP contribution in [0, 0.1) is 16.9 Å². The number of carboxylic acids is 1. The first-order valence-electron chi connectivity index (χ1n) is 16.7. The zero-order valence-corrected chi connectivity index (χ0v) is 29.7. The number of hydrogen-bond acceptors (Lipinski definition) is 7. The number of hydrogen-bond donors (Lipinski definition) is 1. The highest BCUT2D eigenvalue weighted by Gasteiger charge is 2.38. The Morgan fingerprint density at radius 3 is 2.22 bits per heavy atom. The molecule has 0 aliphatic carbocycles. The first-order valence-corrected chi connectivity index (χ1v) is 17.4. The van der Waals surface area contributed by atoms with E-state index in [9.17, 15) is 37.5 Å². The largest absolute Gasteiger partial charge is 0.619 e. The Labute approximate surface area is 315 Å². The highest BCUT2D eigenvalue weighted by atomic mass is 35.5. The number of benzene rings is 3. The number of piperidine rings is 3. The molecule has 1 aromatic heterocycles. The van der Waals surface area contributed by atoms with E-state index in [1.807, 2.05) is 0 Å². The summed E-state index contributed by atoms with van der Waals surface area (Å²) < 4.78 is 84.4. The first kappa shape index (κ1) is 38.9. The lowest BCUT2D eigenvalue weighted by Gasteiger charge is -2.44. The summed E-state index contributed by atoms with van der Waals surface area (Å²) in [5.74, 6) is -4.85. The topological polar surface area (TPSA) is 115 Å². The maximum atomic E-state index is 15.5. The Kier molecular flexibility index (Phi) is 12.0. The van der Waals surface area contributed by atoms with E-state index in [0.29, 0.717) is 11.3 Å². The second kappa shape index (κ2) is 16.7. The van der Waals surface area contributed by atoms with E-state index in [-0.39, 0.29) is 55.9 Å². The Balaban J connectivity index is 1.51. The number of alkyl halides is 4. The normalized spacial score (nSPS) is 18.4. The predicted octanol–water partition coefficient (Wildman–Crippen LogP) is 8.28.